The highest BCUT2D eigenvalue weighted by molar-refractivity contribution is 7.89. The molecule has 2 aromatic rings. The predicted octanol–water partition coefficient (Wildman–Crippen LogP) is 3.18. The Morgan fingerprint density at radius 1 is 1.16 bits per heavy atom. The molecule has 5 nitrogen and oxygen atoms in total. The normalized spacial score (nSPS) is 12.6. The zero-order valence-electron chi connectivity index (χ0n) is 13.6. The number of hydrogen-bond acceptors (Lipinski definition) is 4. The molecular formula is C17H17F2NO4S. The quantitative estimate of drug-likeness (QED) is 0.794. The number of ether oxygens (including phenoxy) is 1. The molecule has 0 heterocycles. The van der Waals surface area contributed by atoms with E-state index in [1.54, 1.807) is 6.92 Å². The van der Waals surface area contributed by atoms with Crippen LogP contribution in [0.2, 0.25) is 0 Å². The summed E-state index contributed by atoms with van der Waals surface area (Å²) < 4.78 is 58.0. The maximum Gasteiger partial charge on any atom is 0.338 e. The van der Waals surface area contributed by atoms with Gasteiger partial charge >= 0.3 is 5.97 Å². The van der Waals surface area contributed by atoms with E-state index < -0.39 is 33.7 Å². The summed E-state index contributed by atoms with van der Waals surface area (Å²) in [5.74, 6) is -2.10. The van der Waals surface area contributed by atoms with Crippen LogP contribution in [0.1, 0.15) is 35.9 Å². The molecule has 0 saturated carbocycles. The van der Waals surface area contributed by atoms with Crippen molar-refractivity contribution in [2.75, 3.05) is 6.54 Å². The van der Waals surface area contributed by atoms with Crippen molar-refractivity contribution in [1.82, 2.24) is 4.72 Å². The van der Waals surface area contributed by atoms with Crippen LogP contribution in [-0.2, 0) is 14.8 Å². The lowest BCUT2D eigenvalue weighted by Crippen LogP contribution is -2.23. The fourth-order valence-electron chi connectivity index (χ4n) is 2.16. The van der Waals surface area contributed by atoms with Gasteiger partial charge in [-0.2, -0.15) is 0 Å². The molecule has 0 aromatic heterocycles. The van der Waals surface area contributed by atoms with E-state index in [1.165, 1.54) is 31.2 Å². The van der Waals surface area contributed by atoms with Crippen molar-refractivity contribution < 1.29 is 26.7 Å². The van der Waals surface area contributed by atoms with Crippen LogP contribution >= 0.6 is 0 Å². The van der Waals surface area contributed by atoms with E-state index >= 15 is 0 Å². The number of carbonyl (C=O) groups excluding carboxylic acids is 1. The predicted molar refractivity (Wildman–Crippen MR) is 87.5 cm³/mol. The van der Waals surface area contributed by atoms with Gasteiger partial charge in [0.1, 0.15) is 17.7 Å². The van der Waals surface area contributed by atoms with Gasteiger partial charge in [-0.1, -0.05) is 6.92 Å². The number of carbonyl (C=O) groups is 1. The molecule has 0 aliphatic heterocycles. The Kier molecular flexibility index (Phi) is 5.86. The van der Waals surface area contributed by atoms with Gasteiger partial charge in [0.15, 0.2) is 0 Å². The lowest BCUT2D eigenvalue weighted by atomic mass is 10.1. The summed E-state index contributed by atoms with van der Waals surface area (Å²) >= 11 is 0. The van der Waals surface area contributed by atoms with Gasteiger partial charge in [0.25, 0.3) is 0 Å². The second-order valence-electron chi connectivity index (χ2n) is 5.24. The van der Waals surface area contributed by atoms with Crippen LogP contribution in [0.3, 0.4) is 0 Å². The summed E-state index contributed by atoms with van der Waals surface area (Å²) in [6.45, 7) is 3.30. The topological polar surface area (TPSA) is 72.5 Å². The molecule has 2 aromatic carbocycles. The highest BCUT2D eigenvalue weighted by atomic mass is 32.2. The lowest BCUT2D eigenvalue weighted by Gasteiger charge is -2.14. The second-order valence-corrected chi connectivity index (χ2v) is 7.01. The third-order valence-corrected chi connectivity index (χ3v) is 4.98. The molecule has 2 rings (SSSR count). The van der Waals surface area contributed by atoms with Crippen molar-refractivity contribution in [3.63, 3.8) is 0 Å². The van der Waals surface area contributed by atoms with Crippen LogP contribution in [0.25, 0.3) is 0 Å². The maximum atomic E-state index is 13.7. The van der Waals surface area contributed by atoms with Gasteiger partial charge in [0.05, 0.1) is 10.5 Å². The Morgan fingerprint density at radius 2 is 1.80 bits per heavy atom. The van der Waals surface area contributed by atoms with Crippen molar-refractivity contribution in [2.45, 2.75) is 24.8 Å². The van der Waals surface area contributed by atoms with Crippen molar-refractivity contribution in [1.29, 1.82) is 0 Å². The number of hydrogen-bond donors (Lipinski definition) is 1. The van der Waals surface area contributed by atoms with Crippen LogP contribution < -0.4 is 4.72 Å². The number of benzene rings is 2. The molecule has 0 amide bonds. The summed E-state index contributed by atoms with van der Waals surface area (Å²) in [6, 6.07) is 8.00. The highest BCUT2D eigenvalue weighted by Crippen LogP contribution is 2.23. The van der Waals surface area contributed by atoms with E-state index in [9.17, 15) is 22.0 Å². The molecule has 134 valence electrons. The smallest absolute Gasteiger partial charge is 0.338 e. The molecule has 8 heteroatoms. The molecule has 25 heavy (non-hydrogen) atoms. The van der Waals surface area contributed by atoms with Gasteiger partial charge in [-0.3, -0.25) is 0 Å². The molecule has 1 unspecified atom stereocenters. The molecule has 1 atom stereocenters. The average molecular weight is 369 g/mol. The van der Waals surface area contributed by atoms with E-state index in [2.05, 4.69) is 4.72 Å². The minimum absolute atomic E-state index is 0.00937. The fourth-order valence-corrected chi connectivity index (χ4v) is 3.20. The minimum Gasteiger partial charge on any atom is -0.454 e. The van der Waals surface area contributed by atoms with Crippen molar-refractivity contribution in [3.05, 3.63) is 65.2 Å². The zero-order valence-corrected chi connectivity index (χ0v) is 14.4. The molecule has 0 fully saturated rings. The molecule has 0 saturated heterocycles. The Hall–Kier alpha value is -2.32. The van der Waals surface area contributed by atoms with Gasteiger partial charge in [-0.05, 0) is 49.4 Å². The summed E-state index contributed by atoms with van der Waals surface area (Å²) in [5, 5.41) is 0. The molecule has 1 N–H and O–H groups in total. The first-order chi connectivity index (χ1) is 11.7. The molecule has 0 radical (unpaired) electrons. The van der Waals surface area contributed by atoms with Gasteiger partial charge in [-0.15, -0.1) is 0 Å². The molecule has 0 spiro atoms. The summed E-state index contributed by atoms with van der Waals surface area (Å²) in [7, 11) is -3.62. The Bertz CT molecular complexity index is 867. The SMILES string of the molecule is CCNS(=O)(=O)c1ccc(C(=O)OC(C)c2cc(F)ccc2F)cc1. The Balaban J connectivity index is 2.14. The molecule has 0 aliphatic rings. The number of nitrogens with one attached hydrogen (secondary N) is 1. The van der Waals surface area contributed by atoms with Gasteiger partial charge in [0, 0.05) is 12.1 Å². The van der Waals surface area contributed by atoms with Gasteiger partial charge in [0.2, 0.25) is 10.0 Å². The van der Waals surface area contributed by atoms with E-state index in [1.807, 2.05) is 0 Å². The highest BCUT2D eigenvalue weighted by Gasteiger charge is 2.19. The first-order valence-corrected chi connectivity index (χ1v) is 8.98. The standard InChI is InChI=1S/C17H17F2NO4S/c1-3-20-25(22,23)14-7-4-12(5-8-14)17(21)24-11(2)15-10-13(18)6-9-16(15)19/h4-11,20H,3H2,1-2H3. The third-order valence-electron chi connectivity index (χ3n) is 3.41. The van der Waals surface area contributed by atoms with E-state index in [-0.39, 0.29) is 22.6 Å². The molecule has 0 aliphatic carbocycles. The lowest BCUT2D eigenvalue weighted by molar-refractivity contribution is 0.0330. The maximum absolute atomic E-state index is 13.7. The minimum atomic E-state index is -3.62. The number of halogens is 2. The third kappa shape index (κ3) is 4.61. The summed E-state index contributed by atoms with van der Waals surface area (Å²) in [5.41, 5.74) is 0.0128. The number of esters is 1. The van der Waals surface area contributed by atoms with Gasteiger partial charge < -0.3 is 4.74 Å². The summed E-state index contributed by atoms with van der Waals surface area (Å²) in [4.78, 5) is 12.1. The first-order valence-electron chi connectivity index (χ1n) is 7.50. The van der Waals surface area contributed by atoms with Crippen molar-refractivity contribution in [2.24, 2.45) is 0 Å². The van der Waals surface area contributed by atoms with Crippen LogP contribution in [0.5, 0.6) is 0 Å². The Labute approximate surface area is 144 Å². The average Bonchev–Trinajstić information content (AvgIpc) is 2.57. The summed E-state index contributed by atoms with van der Waals surface area (Å²) in [6.07, 6.45) is -1.01. The fraction of sp³-hybridized carbons (Fsp3) is 0.235. The monoisotopic (exact) mass is 369 g/mol. The van der Waals surface area contributed by atoms with Crippen LogP contribution in [0.15, 0.2) is 47.4 Å². The van der Waals surface area contributed by atoms with Crippen LogP contribution in [0, 0.1) is 11.6 Å². The van der Waals surface area contributed by atoms with Crippen molar-refractivity contribution >= 4 is 16.0 Å². The van der Waals surface area contributed by atoms with E-state index in [0.29, 0.717) is 0 Å². The van der Waals surface area contributed by atoms with Crippen LogP contribution in [-0.4, -0.2) is 20.9 Å². The van der Waals surface area contributed by atoms with Crippen LogP contribution in [0.4, 0.5) is 8.78 Å². The Morgan fingerprint density at radius 3 is 2.40 bits per heavy atom. The van der Waals surface area contributed by atoms with E-state index in [0.717, 1.165) is 18.2 Å². The zero-order chi connectivity index (χ0) is 18.6. The number of sulfonamides is 1. The largest absolute Gasteiger partial charge is 0.454 e. The first kappa shape index (κ1) is 19.0. The molecule has 0 bridgehead atoms. The van der Waals surface area contributed by atoms with Crippen molar-refractivity contribution in [3.8, 4) is 0 Å². The van der Waals surface area contributed by atoms with Gasteiger partial charge in [-0.25, -0.2) is 26.7 Å². The molecular weight excluding hydrogens is 352 g/mol. The second kappa shape index (κ2) is 7.71. The number of rotatable bonds is 6. The van der Waals surface area contributed by atoms with E-state index in [4.69, 9.17) is 4.74 Å².